The fraction of sp³-hybridized carbons (Fsp3) is 0.529. The molecule has 22 heavy (non-hydrogen) atoms. The zero-order valence-electron chi connectivity index (χ0n) is 14.0. The third-order valence-electron chi connectivity index (χ3n) is 4.05. The Kier molecular flexibility index (Phi) is 4.97. The minimum absolute atomic E-state index is 0.0113. The van der Waals surface area contributed by atoms with Crippen LogP contribution in [0.15, 0.2) is 40.5 Å². The van der Waals surface area contributed by atoms with Crippen LogP contribution in [0.5, 0.6) is 0 Å². The summed E-state index contributed by atoms with van der Waals surface area (Å²) in [5.74, 6) is 1.12. The Hall–Kier alpha value is -1.33. The van der Waals surface area contributed by atoms with Crippen molar-refractivity contribution >= 4 is 10.0 Å². The topological polar surface area (TPSA) is 46.6 Å². The molecule has 4 nitrogen and oxygen atoms in total. The van der Waals surface area contributed by atoms with Crippen LogP contribution in [0.25, 0.3) is 0 Å². The van der Waals surface area contributed by atoms with Crippen LogP contribution < -0.4 is 0 Å². The van der Waals surface area contributed by atoms with E-state index in [1.807, 2.05) is 39.8 Å². The van der Waals surface area contributed by atoms with Gasteiger partial charge in [-0.2, -0.15) is 4.31 Å². The van der Waals surface area contributed by atoms with Crippen molar-refractivity contribution in [2.75, 3.05) is 13.7 Å². The summed E-state index contributed by atoms with van der Waals surface area (Å²) < 4.78 is 32.6. The Morgan fingerprint density at radius 2 is 1.86 bits per heavy atom. The van der Waals surface area contributed by atoms with E-state index in [4.69, 9.17) is 4.74 Å². The third-order valence-corrected chi connectivity index (χ3v) is 5.95. The lowest BCUT2D eigenvalue weighted by atomic mass is 10.2. The van der Waals surface area contributed by atoms with Crippen LogP contribution in [-0.4, -0.2) is 32.4 Å². The highest BCUT2D eigenvalue weighted by molar-refractivity contribution is 7.89. The van der Waals surface area contributed by atoms with Gasteiger partial charge in [-0.25, -0.2) is 8.42 Å². The summed E-state index contributed by atoms with van der Waals surface area (Å²) in [6, 6.07) is 6.98. The van der Waals surface area contributed by atoms with Crippen LogP contribution >= 0.6 is 0 Å². The Labute approximate surface area is 133 Å². The summed E-state index contributed by atoms with van der Waals surface area (Å²) in [6.07, 6.45) is 0.822. The average Bonchev–Trinajstić information content (AvgIpc) is 3.24. The van der Waals surface area contributed by atoms with Crippen LogP contribution in [0, 0.1) is 12.8 Å². The molecule has 2 unspecified atom stereocenters. The van der Waals surface area contributed by atoms with E-state index in [0.29, 0.717) is 11.5 Å². The molecule has 1 fully saturated rings. The lowest BCUT2D eigenvalue weighted by Crippen LogP contribution is -2.30. The summed E-state index contributed by atoms with van der Waals surface area (Å²) in [6.45, 7) is 8.52. The van der Waals surface area contributed by atoms with E-state index in [0.717, 1.165) is 23.3 Å². The molecule has 0 saturated heterocycles. The maximum absolute atomic E-state index is 12.7. The number of rotatable bonds is 6. The van der Waals surface area contributed by atoms with Gasteiger partial charge in [-0.1, -0.05) is 17.7 Å². The summed E-state index contributed by atoms with van der Waals surface area (Å²) in [7, 11) is -1.78. The smallest absolute Gasteiger partial charge is 0.243 e. The summed E-state index contributed by atoms with van der Waals surface area (Å²) in [4.78, 5) is 0.349. The molecule has 5 heteroatoms. The minimum atomic E-state index is -3.44. The second-order valence-corrected chi connectivity index (χ2v) is 8.04. The predicted molar refractivity (Wildman–Crippen MR) is 88.0 cm³/mol. The molecule has 0 radical (unpaired) electrons. The minimum Gasteiger partial charge on any atom is -0.498 e. The van der Waals surface area contributed by atoms with Gasteiger partial charge < -0.3 is 4.74 Å². The standard InChI is InChI=1S/C17H25NO3S/c1-6-21-17(12(2)3)15-11-16(15)18(5)22(19,20)14-9-7-13(4)8-10-14/h7-10,15-16H,6,11H2,1-5H3. The lowest BCUT2D eigenvalue weighted by molar-refractivity contribution is 0.204. The second kappa shape index (κ2) is 6.42. The molecule has 1 saturated carbocycles. The molecule has 1 aliphatic carbocycles. The van der Waals surface area contributed by atoms with Crippen LogP contribution in [-0.2, 0) is 14.8 Å². The first-order chi connectivity index (χ1) is 10.3. The van der Waals surface area contributed by atoms with Gasteiger partial charge in [0.05, 0.1) is 17.3 Å². The van der Waals surface area contributed by atoms with Gasteiger partial charge in [0.1, 0.15) is 0 Å². The molecular formula is C17H25NO3S. The molecule has 0 bridgehead atoms. The van der Waals surface area contributed by atoms with E-state index in [1.165, 1.54) is 4.31 Å². The number of sulfonamides is 1. The lowest BCUT2D eigenvalue weighted by Gasteiger charge is -2.19. The molecule has 0 N–H and O–H groups in total. The molecule has 2 atom stereocenters. The van der Waals surface area contributed by atoms with Gasteiger partial charge in [0, 0.05) is 19.0 Å². The van der Waals surface area contributed by atoms with Crippen LogP contribution in [0.2, 0.25) is 0 Å². The molecule has 0 aromatic heterocycles. The second-order valence-electron chi connectivity index (χ2n) is 6.04. The van der Waals surface area contributed by atoms with E-state index in [2.05, 4.69) is 0 Å². The number of aryl methyl sites for hydroxylation is 1. The van der Waals surface area contributed by atoms with Gasteiger partial charge in [-0.15, -0.1) is 0 Å². The summed E-state index contributed by atoms with van der Waals surface area (Å²) >= 11 is 0. The first kappa shape index (κ1) is 17.0. The molecule has 2 rings (SSSR count). The maximum Gasteiger partial charge on any atom is 0.243 e. The molecule has 0 amide bonds. The number of benzene rings is 1. The van der Waals surface area contributed by atoms with Gasteiger partial charge in [0.2, 0.25) is 10.0 Å². The van der Waals surface area contributed by atoms with Gasteiger partial charge in [0.15, 0.2) is 0 Å². The zero-order valence-corrected chi connectivity index (χ0v) is 14.8. The summed E-state index contributed by atoms with van der Waals surface area (Å²) in [5, 5.41) is 0. The highest BCUT2D eigenvalue weighted by atomic mass is 32.2. The van der Waals surface area contributed by atoms with Crippen molar-refractivity contribution < 1.29 is 13.2 Å². The van der Waals surface area contributed by atoms with Gasteiger partial charge in [0.25, 0.3) is 0 Å². The number of ether oxygens (including phenoxy) is 1. The number of allylic oxidation sites excluding steroid dienone is 1. The SMILES string of the molecule is CCOC(=C(C)C)C1CC1N(C)S(=O)(=O)c1ccc(C)cc1. The molecule has 1 aliphatic rings. The fourth-order valence-corrected chi connectivity index (χ4v) is 4.10. The molecule has 0 heterocycles. The number of hydrogen-bond acceptors (Lipinski definition) is 3. The van der Waals surface area contributed by atoms with Crippen molar-refractivity contribution in [3.8, 4) is 0 Å². The van der Waals surface area contributed by atoms with E-state index in [-0.39, 0.29) is 12.0 Å². The number of hydrogen-bond donors (Lipinski definition) is 0. The van der Waals surface area contributed by atoms with Gasteiger partial charge in [-0.05, 0) is 51.8 Å². The van der Waals surface area contributed by atoms with Gasteiger partial charge in [-0.3, -0.25) is 0 Å². The fourth-order valence-electron chi connectivity index (χ4n) is 2.70. The Morgan fingerprint density at radius 3 is 2.36 bits per heavy atom. The van der Waals surface area contributed by atoms with E-state index in [1.54, 1.807) is 19.2 Å². The first-order valence-electron chi connectivity index (χ1n) is 7.64. The van der Waals surface area contributed by atoms with E-state index < -0.39 is 10.0 Å². The van der Waals surface area contributed by atoms with Crippen molar-refractivity contribution in [1.82, 2.24) is 4.31 Å². The first-order valence-corrected chi connectivity index (χ1v) is 9.08. The van der Waals surface area contributed by atoms with Crippen molar-refractivity contribution in [3.05, 3.63) is 41.2 Å². The van der Waals surface area contributed by atoms with Crippen molar-refractivity contribution in [3.63, 3.8) is 0 Å². The van der Waals surface area contributed by atoms with E-state index >= 15 is 0 Å². The van der Waals surface area contributed by atoms with Crippen molar-refractivity contribution in [2.24, 2.45) is 5.92 Å². The Bertz CT molecular complexity index is 658. The molecular weight excluding hydrogens is 298 g/mol. The van der Waals surface area contributed by atoms with Crippen LogP contribution in [0.1, 0.15) is 32.8 Å². The molecule has 0 aliphatic heterocycles. The van der Waals surface area contributed by atoms with Gasteiger partial charge >= 0.3 is 0 Å². The monoisotopic (exact) mass is 323 g/mol. The maximum atomic E-state index is 12.7. The highest BCUT2D eigenvalue weighted by Gasteiger charge is 2.48. The molecule has 1 aromatic rings. The van der Waals surface area contributed by atoms with E-state index in [9.17, 15) is 8.42 Å². The quantitative estimate of drug-likeness (QED) is 0.754. The Balaban J connectivity index is 2.18. The largest absolute Gasteiger partial charge is 0.498 e. The molecule has 0 spiro atoms. The van der Waals surface area contributed by atoms with Crippen LogP contribution in [0.3, 0.4) is 0 Å². The van der Waals surface area contributed by atoms with Crippen molar-refractivity contribution in [2.45, 2.75) is 45.1 Å². The van der Waals surface area contributed by atoms with Crippen molar-refractivity contribution in [1.29, 1.82) is 0 Å². The zero-order chi connectivity index (χ0) is 16.5. The third kappa shape index (κ3) is 3.36. The highest BCUT2D eigenvalue weighted by Crippen LogP contribution is 2.44. The average molecular weight is 323 g/mol. The Morgan fingerprint density at radius 1 is 1.27 bits per heavy atom. The van der Waals surface area contributed by atoms with Crippen LogP contribution in [0.4, 0.5) is 0 Å². The normalized spacial score (nSPS) is 20.8. The number of nitrogens with zero attached hydrogens (tertiary/aromatic N) is 1. The predicted octanol–water partition coefficient (Wildman–Crippen LogP) is 3.33. The molecule has 122 valence electrons. The summed E-state index contributed by atoms with van der Waals surface area (Å²) in [5.41, 5.74) is 2.17. The molecule has 1 aromatic carbocycles.